The van der Waals surface area contributed by atoms with E-state index in [1.807, 2.05) is 0 Å². The van der Waals surface area contributed by atoms with Crippen molar-refractivity contribution in [2.24, 2.45) is 5.41 Å². The average molecular weight is 409 g/mol. The van der Waals surface area contributed by atoms with Gasteiger partial charge in [-0.3, -0.25) is 0 Å². The summed E-state index contributed by atoms with van der Waals surface area (Å²) in [5, 5.41) is 9.79. The van der Waals surface area contributed by atoms with Crippen LogP contribution in [-0.4, -0.2) is 58.6 Å². The van der Waals surface area contributed by atoms with E-state index in [1.54, 1.807) is 0 Å². The molecule has 4 heterocycles. The summed E-state index contributed by atoms with van der Waals surface area (Å²) in [6.45, 7) is 2.64. The van der Waals surface area contributed by atoms with E-state index in [0.29, 0.717) is 24.4 Å². The second kappa shape index (κ2) is 6.64. The minimum absolute atomic E-state index is 0.0591. The summed E-state index contributed by atoms with van der Waals surface area (Å²) < 4.78 is 26.3. The molecule has 2 aromatic heterocycles. The SMILES string of the molecule is OCC1(COc2nc(N3CCCC4(CCO4)C3)c3cnc(Cl)c(F)c3n2)CC1. The molecule has 1 N–H and O–H groups in total. The maximum Gasteiger partial charge on any atom is 0.319 e. The Morgan fingerprint density at radius 1 is 1.29 bits per heavy atom. The summed E-state index contributed by atoms with van der Waals surface area (Å²) in [7, 11) is 0. The number of pyridine rings is 1. The lowest BCUT2D eigenvalue weighted by Gasteiger charge is -2.48. The van der Waals surface area contributed by atoms with Crippen molar-refractivity contribution in [1.29, 1.82) is 0 Å². The fourth-order valence-electron chi connectivity index (χ4n) is 4.04. The zero-order valence-corrected chi connectivity index (χ0v) is 16.2. The van der Waals surface area contributed by atoms with Crippen LogP contribution in [0, 0.1) is 11.2 Å². The first-order chi connectivity index (χ1) is 13.5. The van der Waals surface area contributed by atoms with Gasteiger partial charge in [-0.1, -0.05) is 11.6 Å². The van der Waals surface area contributed by atoms with Crippen LogP contribution in [-0.2, 0) is 4.74 Å². The molecule has 0 bridgehead atoms. The number of rotatable bonds is 5. The summed E-state index contributed by atoms with van der Waals surface area (Å²) in [4.78, 5) is 14.9. The Bertz CT molecular complexity index is 920. The first kappa shape index (κ1) is 18.3. The van der Waals surface area contributed by atoms with Crippen LogP contribution < -0.4 is 9.64 Å². The zero-order valence-electron chi connectivity index (χ0n) is 15.5. The van der Waals surface area contributed by atoms with Gasteiger partial charge in [0.25, 0.3) is 0 Å². The highest BCUT2D eigenvalue weighted by molar-refractivity contribution is 6.30. The lowest BCUT2D eigenvalue weighted by atomic mass is 9.86. The molecule has 1 aliphatic carbocycles. The van der Waals surface area contributed by atoms with Crippen LogP contribution in [0.5, 0.6) is 6.01 Å². The van der Waals surface area contributed by atoms with E-state index in [0.717, 1.165) is 45.3 Å². The Kier molecular flexibility index (Phi) is 4.33. The monoisotopic (exact) mass is 408 g/mol. The number of nitrogens with zero attached hydrogens (tertiary/aromatic N) is 4. The molecule has 2 saturated heterocycles. The van der Waals surface area contributed by atoms with Crippen molar-refractivity contribution in [2.75, 3.05) is 37.8 Å². The van der Waals surface area contributed by atoms with Crippen molar-refractivity contribution in [3.63, 3.8) is 0 Å². The van der Waals surface area contributed by atoms with Crippen LogP contribution in [0.4, 0.5) is 10.2 Å². The molecule has 1 unspecified atom stereocenters. The fourth-order valence-corrected chi connectivity index (χ4v) is 4.18. The van der Waals surface area contributed by atoms with Crippen molar-refractivity contribution < 1.29 is 19.0 Å². The van der Waals surface area contributed by atoms with E-state index < -0.39 is 5.82 Å². The molecule has 2 aliphatic heterocycles. The van der Waals surface area contributed by atoms with Gasteiger partial charge in [0.1, 0.15) is 11.3 Å². The maximum absolute atomic E-state index is 14.7. The van der Waals surface area contributed by atoms with Crippen molar-refractivity contribution in [1.82, 2.24) is 15.0 Å². The lowest BCUT2D eigenvalue weighted by molar-refractivity contribution is -0.151. The van der Waals surface area contributed by atoms with Gasteiger partial charge in [0.05, 0.1) is 30.8 Å². The number of aromatic nitrogens is 3. The van der Waals surface area contributed by atoms with Gasteiger partial charge in [-0.25, -0.2) is 9.37 Å². The second-order valence-corrected chi connectivity index (χ2v) is 8.57. The van der Waals surface area contributed by atoms with Crippen molar-refractivity contribution in [3.8, 4) is 6.01 Å². The largest absolute Gasteiger partial charge is 0.463 e. The summed E-state index contributed by atoms with van der Waals surface area (Å²) >= 11 is 5.88. The van der Waals surface area contributed by atoms with Crippen molar-refractivity contribution in [2.45, 2.75) is 37.7 Å². The Hall–Kier alpha value is -1.77. The van der Waals surface area contributed by atoms with Gasteiger partial charge < -0.3 is 19.5 Å². The molecule has 150 valence electrons. The lowest BCUT2D eigenvalue weighted by Crippen LogP contribution is -2.56. The highest BCUT2D eigenvalue weighted by atomic mass is 35.5. The number of piperidine rings is 1. The third-order valence-corrected chi connectivity index (χ3v) is 6.47. The van der Waals surface area contributed by atoms with Crippen molar-refractivity contribution >= 4 is 28.3 Å². The standard InChI is InChI=1S/C19H22ClFN4O3/c20-15-13(21)14-12(8-22-15)16(25-6-1-2-19(9-25)5-7-28-19)24-17(23-14)27-11-18(10-26)3-4-18/h8,26H,1-7,9-11H2. The number of hydrogen-bond donors (Lipinski definition) is 1. The molecule has 0 aromatic carbocycles. The van der Waals surface area contributed by atoms with E-state index in [1.165, 1.54) is 6.20 Å². The van der Waals surface area contributed by atoms with Crippen LogP contribution in [0.25, 0.3) is 10.9 Å². The van der Waals surface area contributed by atoms with E-state index >= 15 is 0 Å². The van der Waals surface area contributed by atoms with Gasteiger partial charge in [-0.2, -0.15) is 9.97 Å². The fraction of sp³-hybridized carbons (Fsp3) is 0.632. The molecule has 28 heavy (non-hydrogen) atoms. The molecule has 2 aromatic rings. The van der Waals surface area contributed by atoms with Crippen LogP contribution >= 0.6 is 11.6 Å². The Labute approximate surface area is 166 Å². The zero-order chi connectivity index (χ0) is 19.4. The number of aliphatic hydroxyl groups is 1. The third-order valence-electron chi connectivity index (χ3n) is 6.21. The molecule has 1 spiro atoms. The van der Waals surface area contributed by atoms with Gasteiger partial charge in [-0.15, -0.1) is 0 Å². The minimum atomic E-state index is -0.678. The molecule has 3 fully saturated rings. The molecule has 9 heteroatoms. The maximum atomic E-state index is 14.7. The Morgan fingerprint density at radius 3 is 2.79 bits per heavy atom. The molecule has 3 aliphatic rings. The van der Waals surface area contributed by atoms with Gasteiger partial charge in [0.2, 0.25) is 0 Å². The number of anilines is 1. The minimum Gasteiger partial charge on any atom is -0.463 e. The summed E-state index contributed by atoms with van der Waals surface area (Å²) in [6.07, 6.45) is 6.33. The van der Waals surface area contributed by atoms with E-state index in [4.69, 9.17) is 21.1 Å². The second-order valence-electron chi connectivity index (χ2n) is 8.21. The average Bonchev–Trinajstić information content (AvgIpc) is 3.48. The van der Waals surface area contributed by atoms with Gasteiger partial charge >= 0.3 is 6.01 Å². The number of fused-ring (bicyclic) bond motifs is 1. The Morgan fingerprint density at radius 2 is 2.11 bits per heavy atom. The normalized spacial score (nSPS) is 25.8. The topological polar surface area (TPSA) is 80.6 Å². The quantitative estimate of drug-likeness (QED) is 0.762. The molecule has 0 radical (unpaired) electrons. The first-order valence-electron chi connectivity index (χ1n) is 9.68. The predicted molar refractivity (Wildman–Crippen MR) is 101 cm³/mol. The molecular weight excluding hydrogens is 387 g/mol. The molecule has 1 saturated carbocycles. The summed E-state index contributed by atoms with van der Waals surface area (Å²) in [5.74, 6) is -0.0888. The summed E-state index contributed by atoms with van der Waals surface area (Å²) in [6, 6.07) is 0.0949. The van der Waals surface area contributed by atoms with Gasteiger partial charge in [-0.05, 0) is 25.7 Å². The first-order valence-corrected chi connectivity index (χ1v) is 10.1. The van der Waals surface area contributed by atoms with E-state index in [9.17, 15) is 9.50 Å². The third kappa shape index (κ3) is 3.07. The predicted octanol–water partition coefficient (Wildman–Crippen LogP) is 2.73. The van der Waals surface area contributed by atoms with Crippen LogP contribution in [0.2, 0.25) is 5.15 Å². The summed E-state index contributed by atoms with van der Waals surface area (Å²) in [5.41, 5.74) is -0.255. The van der Waals surface area contributed by atoms with Crippen LogP contribution in [0.3, 0.4) is 0 Å². The number of ether oxygens (including phenoxy) is 2. The molecule has 5 rings (SSSR count). The number of halogens is 2. The van der Waals surface area contributed by atoms with Gasteiger partial charge in [0.15, 0.2) is 11.0 Å². The van der Waals surface area contributed by atoms with Gasteiger partial charge in [0, 0.05) is 31.1 Å². The van der Waals surface area contributed by atoms with E-state index in [2.05, 4.69) is 19.9 Å². The molecule has 0 amide bonds. The van der Waals surface area contributed by atoms with Crippen molar-refractivity contribution in [3.05, 3.63) is 17.2 Å². The highest BCUT2D eigenvalue weighted by Gasteiger charge is 2.44. The highest BCUT2D eigenvalue weighted by Crippen LogP contribution is 2.45. The van der Waals surface area contributed by atoms with Crippen LogP contribution in [0.15, 0.2) is 6.20 Å². The molecule has 1 atom stereocenters. The Balaban J connectivity index is 1.53. The number of aliphatic hydroxyl groups excluding tert-OH is 1. The smallest absolute Gasteiger partial charge is 0.319 e. The van der Waals surface area contributed by atoms with E-state index in [-0.39, 0.29) is 34.3 Å². The van der Waals surface area contributed by atoms with Crippen LogP contribution in [0.1, 0.15) is 32.1 Å². The number of hydrogen-bond acceptors (Lipinski definition) is 7. The molecule has 7 nitrogen and oxygen atoms in total. The molecular formula is C19H22ClFN4O3.